The Morgan fingerprint density at radius 3 is 2.31 bits per heavy atom. The number of hydrogen-bond acceptors (Lipinski definition) is 7. The molecule has 0 fully saturated rings. The van der Waals surface area contributed by atoms with Crippen LogP contribution in [0.3, 0.4) is 0 Å². The number of para-hydroxylation sites is 1. The Bertz CT molecular complexity index is 1430. The summed E-state index contributed by atoms with van der Waals surface area (Å²) in [6, 6.07) is 29.1. The Kier molecular flexibility index (Phi) is 7.30. The standard InChI is InChI=1S/C29H28N6S/c30-26-11-5-4-9-22(26)10-6-16-32-18-20-12-14-23(15-13-20)27-25(21-7-2-1-3-8-21)17-24(19-33-27)28-34-35-29(31)36-28/h1-5,7-9,11-15,17,19,32H,6,10,16,18,30H2,(H2,31,35). The first-order valence-corrected chi connectivity index (χ1v) is 12.8. The molecule has 5 N–H and O–H groups in total. The lowest BCUT2D eigenvalue weighted by molar-refractivity contribution is 0.650. The number of nitrogens with one attached hydrogen (secondary N) is 1. The molecule has 5 rings (SSSR count). The minimum Gasteiger partial charge on any atom is -0.399 e. The molecule has 0 radical (unpaired) electrons. The van der Waals surface area contributed by atoms with Crippen molar-refractivity contribution in [3.63, 3.8) is 0 Å². The lowest BCUT2D eigenvalue weighted by atomic mass is 9.97. The number of benzene rings is 3. The van der Waals surface area contributed by atoms with Gasteiger partial charge in [-0.1, -0.05) is 84.1 Å². The lowest BCUT2D eigenvalue weighted by Crippen LogP contribution is -2.15. The summed E-state index contributed by atoms with van der Waals surface area (Å²) >= 11 is 1.36. The fraction of sp³-hybridized carbons (Fsp3) is 0.138. The van der Waals surface area contributed by atoms with Crippen molar-refractivity contribution in [2.24, 2.45) is 0 Å². The summed E-state index contributed by atoms with van der Waals surface area (Å²) in [6.07, 6.45) is 3.87. The van der Waals surface area contributed by atoms with Crippen molar-refractivity contribution in [2.75, 3.05) is 18.0 Å². The van der Waals surface area contributed by atoms with E-state index in [0.717, 1.165) is 64.6 Å². The van der Waals surface area contributed by atoms with Crippen LogP contribution in [0.1, 0.15) is 17.5 Å². The number of rotatable bonds is 9. The van der Waals surface area contributed by atoms with E-state index in [0.29, 0.717) is 5.13 Å². The zero-order valence-electron chi connectivity index (χ0n) is 19.9. The average molecular weight is 493 g/mol. The number of pyridine rings is 1. The predicted octanol–water partition coefficient (Wildman–Crippen LogP) is 5.82. The van der Waals surface area contributed by atoms with Crippen LogP contribution in [-0.4, -0.2) is 21.7 Å². The second kappa shape index (κ2) is 11.1. The number of hydrogen-bond donors (Lipinski definition) is 3. The van der Waals surface area contributed by atoms with E-state index in [1.165, 1.54) is 22.5 Å². The molecule has 0 spiro atoms. The van der Waals surface area contributed by atoms with Crippen molar-refractivity contribution < 1.29 is 0 Å². The molecule has 5 aromatic rings. The highest BCUT2D eigenvalue weighted by atomic mass is 32.1. The molecule has 3 aromatic carbocycles. The number of nitrogens with zero attached hydrogens (tertiary/aromatic N) is 3. The van der Waals surface area contributed by atoms with Crippen LogP contribution < -0.4 is 16.8 Å². The second-order valence-corrected chi connectivity index (χ2v) is 9.62. The molecule has 0 aliphatic rings. The van der Waals surface area contributed by atoms with Crippen LogP contribution in [0.2, 0.25) is 0 Å². The maximum Gasteiger partial charge on any atom is 0.203 e. The van der Waals surface area contributed by atoms with Gasteiger partial charge in [-0.3, -0.25) is 4.98 Å². The summed E-state index contributed by atoms with van der Waals surface area (Å²) in [5, 5.41) is 12.9. The van der Waals surface area contributed by atoms with E-state index >= 15 is 0 Å². The summed E-state index contributed by atoms with van der Waals surface area (Å²) < 4.78 is 0. The van der Waals surface area contributed by atoms with E-state index < -0.39 is 0 Å². The van der Waals surface area contributed by atoms with Crippen molar-refractivity contribution in [1.29, 1.82) is 0 Å². The molecule has 0 saturated heterocycles. The van der Waals surface area contributed by atoms with Crippen molar-refractivity contribution in [3.05, 3.63) is 102 Å². The first-order valence-electron chi connectivity index (χ1n) is 12.0. The van der Waals surface area contributed by atoms with Crippen molar-refractivity contribution in [1.82, 2.24) is 20.5 Å². The average Bonchev–Trinajstić information content (AvgIpc) is 3.36. The maximum absolute atomic E-state index is 6.04. The Labute approximate surface area is 215 Å². The molecule has 0 bridgehead atoms. The highest BCUT2D eigenvalue weighted by Crippen LogP contribution is 2.35. The molecule has 6 nitrogen and oxygen atoms in total. The van der Waals surface area contributed by atoms with Crippen molar-refractivity contribution in [3.8, 4) is 33.0 Å². The van der Waals surface area contributed by atoms with Gasteiger partial charge in [0, 0.05) is 35.1 Å². The van der Waals surface area contributed by atoms with Crippen LogP contribution in [0.5, 0.6) is 0 Å². The topological polar surface area (TPSA) is 103 Å². The first-order chi connectivity index (χ1) is 17.7. The van der Waals surface area contributed by atoms with E-state index in [-0.39, 0.29) is 0 Å². The van der Waals surface area contributed by atoms with Crippen LogP contribution >= 0.6 is 11.3 Å². The van der Waals surface area contributed by atoms with Gasteiger partial charge in [0.15, 0.2) is 5.01 Å². The molecule has 0 unspecified atom stereocenters. The minimum absolute atomic E-state index is 0.448. The van der Waals surface area contributed by atoms with Crippen LogP contribution in [0, 0.1) is 0 Å². The third-order valence-corrected chi connectivity index (χ3v) is 6.87. The van der Waals surface area contributed by atoms with Crippen molar-refractivity contribution >= 4 is 22.2 Å². The van der Waals surface area contributed by atoms with E-state index in [2.05, 4.69) is 64.0 Å². The van der Waals surface area contributed by atoms with Gasteiger partial charge in [-0.05, 0) is 48.2 Å². The molecular formula is C29H28N6S. The summed E-state index contributed by atoms with van der Waals surface area (Å²) in [5.41, 5.74) is 20.2. The van der Waals surface area contributed by atoms with Gasteiger partial charge in [0.1, 0.15) is 0 Å². The van der Waals surface area contributed by atoms with Gasteiger partial charge in [-0.25, -0.2) is 0 Å². The van der Waals surface area contributed by atoms with Gasteiger partial charge in [-0.2, -0.15) is 0 Å². The fourth-order valence-corrected chi connectivity index (χ4v) is 4.77. The summed E-state index contributed by atoms with van der Waals surface area (Å²) in [5.74, 6) is 0. The minimum atomic E-state index is 0.448. The third kappa shape index (κ3) is 5.59. The molecule has 2 aromatic heterocycles. The third-order valence-electron chi connectivity index (χ3n) is 6.07. The molecule has 0 aliphatic carbocycles. The van der Waals surface area contributed by atoms with Gasteiger partial charge in [0.2, 0.25) is 5.13 Å². The highest BCUT2D eigenvalue weighted by Gasteiger charge is 2.13. The molecule has 0 aliphatic heterocycles. The smallest absolute Gasteiger partial charge is 0.203 e. The molecule has 0 amide bonds. The number of nitrogens with two attached hydrogens (primary N) is 2. The highest BCUT2D eigenvalue weighted by molar-refractivity contribution is 7.18. The maximum atomic E-state index is 6.04. The van der Waals surface area contributed by atoms with Gasteiger partial charge < -0.3 is 16.8 Å². The van der Waals surface area contributed by atoms with Crippen LogP contribution in [0.4, 0.5) is 10.8 Å². The second-order valence-electron chi connectivity index (χ2n) is 8.61. The largest absolute Gasteiger partial charge is 0.399 e. The first kappa shape index (κ1) is 23.7. The van der Waals surface area contributed by atoms with Gasteiger partial charge in [0.05, 0.1) is 5.69 Å². The van der Waals surface area contributed by atoms with Gasteiger partial charge in [-0.15, -0.1) is 10.2 Å². The fourth-order valence-electron chi connectivity index (χ4n) is 4.18. The van der Waals surface area contributed by atoms with E-state index in [9.17, 15) is 0 Å². The number of aromatic nitrogens is 3. The number of nitrogen functional groups attached to an aromatic ring is 2. The van der Waals surface area contributed by atoms with Crippen molar-refractivity contribution in [2.45, 2.75) is 19.4 Å². The Morgan fingerprint density at radius 1 is 0.778 bits per heavy atom. The summed E-state index contributed by atoms with van der Waals surface area (Å²) in [4.78, 5) is 4.84. The molecule has 0 atom stereocenters. The van der Waals surface area contributed by atoms with E-state index in [1.54, 1.807) is 0 Å². The Balaban J connectivity index is 1.28. The number of aryl methyl sites for hydroxylation is 1. The van der Waals surface area contributed by atoms with Gasteiger partial charge in [0.25, 0.3) is 0 Å². The summed E-state index contributed by atoms with van der Waals surface area (Å²) in [7, 11) is 0. The number of anilines is 2. The monoisotopic (exact) mass is 492 g/mol. The Hall–Kier alpha value is -4.07. The molecule has 7 heteroatoms. The lowest BCUT2D eigenvalue weighted by Gasteiger charge is -2.12. The van der Waals surface area contributed by atoms with Crippen LogP contribution in [-0.2, 0) is 13.0 Å². The van der Waals surface area contributed by atoms with E-state index in [1.807, 2.05) is 42.6 Å². The normalized spacial score (nSPS) is 11.0. The Morgan fingerprint density at radius 2 is 1.56 bits per heavy atom. The molecule has 2 heterocycles. The molecule has 0 saturated carbocycles. The van der Waals surface area contributed by atoms with Crippen LogP contribution in [0.15, 0.2) is 91.1 Å². The quantitative estimate of drug-likeness (QED) is 0.177. The van der Waals surface area contributed by atoms with Gasteiger partial charge >= 0.3 is 0 Å². The zero-order valence-corrected chi connectivity index (χ0v) is 20.7. The molecular weight excluding hydrogens is 464 g/mol. The summed E-state index contributed by atoms with van der Waals surface area (Å²) in [6.45, 7) is 1.76. The zero-order chi connectivity index (χ0) is 24.7. The van der Waals surface area contributed by atoms with E-state index in [4.69, 9.17) is 16.5 Å². The predicted molar refractivity (Wildman–Crippen MR) is 149 cm³/mol. The molecule has 180 valence electrons. The SMILES string of the molecule is Nc1nnc(-c2cnc(-c3ccc(CNCCCc4ccccc4N)cc3)c(-c3ccccc3)c2)s1. The van der Waals surface area contributed by atoms with Crippen LogP contribution in [0.25, 0.3) is 33.0 Å². The molecule has 36 heavy (non-hydrogen) atoms.